The molecule has 0 radical (unpaired) electrons. The standard InChI is InChI=1S/C18H31N3O8/c1-17(2,3)28-15(26)20-9-10(7-11(20)14(24)25)21(13(23)12(22)8-19)16(27)29-18(4,5)6/h10-12,22H,7-9,19H2,1-6H3,(H,24,25)/t10-,11+,12-/m0/s1. The number of aliphatic carboxylic acids is 1. The summed E-state index contributed by atoms with van der Waals surface area (Å²) in [5, 5.41) is 19.4. The van der Waals surface area contributed by atoms with Crippen molar-refractivity contribution in [3.63, 3.8) is 0 Å². The summed E-state index contributed by atoms with van der Waals surface area (Å²) in [6.07, 6.45) is -3.86. The van der Waals surface area contributed by atoms with Crippen molar-refractivity contribution in [2.75, 3.05) is 13.1 Å². The maximum atomic E-state index is 12.6. The molecule has 3 atom stereocenters. The predicted molar refractivity (Wildman–Crippen MR) is 101 cm³/mol. The van der Waals surface area contributed by atoms with E-state index < -0.39 is 60.0 Å². The van der Waals surface area contributed by atoms with Crippen molar-refractivity contribution in [2.45, 2.75) is 77.4 Å². The second-order valence-corrected chi connectivity index (χ2v) is 8.82. The second-order valence-electron chi connectivity index (χ2n) is 8.82. The molecular weight excluding hydrogens is 386 g/mol. The summed E-state index contributed by atoms with van der Waals surface area (Å²) in [5.41, 5.74) is 3.52. The summed E-state index contributed by atoms with van der Waals surface area (Å²) < 4.78 is 10.5. The molecule has 0 saturated carbocycles. The van der Waals surface area contributed by atoms with Gasteiger partial charge in [0, 0.05) is 19.5 Å². The van der Waals surface area contributed by atoms with Crippen LogP contribution in [0.2, 0.25) is 0 Å². The van der Waals surface area contributed by atoms with Crippen molar-refractivity contribution in [1.82, 2.24) is 9.80 Å². The maximum absolute atomic E-state index is 12.6. The molecule has 0 spiro atoms. The number of carboxylic acids is 1. The van der Waals surface area contributed by atoms with E-state index in [1.165, 1.54) is 0 Å². The molecule has 1 heterocycles. The minimum absolute atomic E-state index is 0.239. The minimum atomic E-state index is -1.68. The van der Waals surface area contributed by atoms with Crippen LogP contribution in [0.5, 0.6) is 0 Å². The Kier molecular flexibility index (Phi) is 7.61. The lowest BCUT2D eigenvalue weighted by molar-refractivity contribution is -0.143. The molecule has 1 saturated heterocycles. The largest absolute Gasteiger partial charge is 0.480 e. The van der Waals surface area contributed by atoms with Gasteiger partial charge >= 0.3 is 18.2 Å². The normalized spacial score (nSPS) is 20.8. The van der Waals surface area contributed by atoms with E-state index in [-0.39, 0.29) is 13.0 Å². The van der Waals surface area contributed by atoms with E-state index in [4.69, 9.17) is 15.2 Å². The molecule has 3 amide bonds. The van der Waals surface area contributed by atoms with Crippen molar-refractivity contribution >= 4 is 24.1 Å². The lowest BCUT2D eigenvalue weighted by Gasteiger charge is -2.31. The fraction of sp³-hybridized carbons (Fsp3) is 0.778. The Balaban J connectivity index is 3.21. The molecule has 166 valence electrons. The molecule has 11 heteroatoms. The summed E-state index contributed by atoms with van der Waals surface area (Å²) in [6, 6.07) is -2.35. The number of amides is 3. The van der Waals surface area contributed by atoms with Crippen LogP contribution in [0.1, 0.15) is 48.0 Å². The molecule has 0 aliphatic carbocycles. The van der Waals surface area contributed by atoms with Crippen LogP contribution in [0.3, 0.4) is 0 Å². The van der Waals surface area contributed by atoms with Gasteiger partial charge in [-0.3, -0.25) is 9.69 Å². The summed E-state index contributed by atoms with van der Waals surface area (Å²) in [7, 11) is 0. The quantitative estimate of drug-likeness (QED) is 0.593. The first-order valence-corrected chi connectivity index (χ1v) is 9.24. The summed E-state index contributed by atoms with van der Waals surface area (Å²) in [6.45, 7) is 8.93. The highest BCUT2D eigenvalue weighted by Crippen LogP contribution is 2.27. The number of hydrogen-bond acceptors (Lipinski definition) is 8. The van der Waals surface area contributed by atoms with Gasteiger partial charge in [-0.1, -0.05) is 0 Å². The molecule has 1 aliphatic rings. The van der Waals surface area contributed by atoms with Gasteiger partial charge < -0.3 is 25.4 Å². The molecule has 1 rings (SSSR count). The second kappa shape index (κ2) is 8.95. The zero-order valence-corrected chi connectivity index (χ0v) is 17.7. The first-order valence-electron chi connectivity index (χ1n) is 9.24. The first-order chi connectivity index (χ1) is 13.1. The van der Waals surface area contributed by atoms with Gasteiger partial charge in [0.1, 0.15) is 23.3 Å². The highest BCUT2D eigenvalue weighted by Gasteiger charge is 2.48. The Morgan fingerprint density at radius 3 is 2.03 bits per heavy atom. The van der Waals surface area contributed by atoms with Crippen molar-refractivity contribution in [3.8, 4) is 0 Å². The van der Waals surface area contributed by atoms with Crippen LogP contribution in [0, 0.1) is 0 Å². The van der Waals surface area contributed by atoms with Gasteiger partial charge in [0.25, 0.3) is 5.91 Å². The van der Waals surface area contributed by atoms with Gasteiger partial charge in [-0.05, 0) is 41.5 Å². The van der Waals surface area contributed by atoms with Gasteiger partial charge in [-0.25, -0.2) is 19.3 Å². The number of imide groups is 1. The molecule has 0 unspecified atom stereocenters. The predicted octanol–water partition coefficient (Wildman–Crippen LogP) is 0.532. The number of nitrogens with two attached hydrogens (primary N) is 1. The maximum Gasteiger partial charge on any atom is 0.417 e. The number of aliphatic hydroxyl groups excluding tert-OH is 1. The van der Waals surface area contributed by atoms with Crippen LogP contribution in [-0.4, -0.2) is 86.6 Å². The monoisotopic (exact) mass is 417 g/mol. The van der Waals surface area contributed by atoms with Crippen molar-refractivity contribution < 1.29 is 38.9 Å². The SMILES string of the molecule is CC(C)(C)OC(=O)N1C[C@@H](N(C(=O)OC(C)(C)C)C(=O)[C@@H](O)CN)C[C@@H]1C(=O)O. The summed E-state index contributed by atoms with van der Waals surface area (Å²) >= 11 is 0. The molecule has 0 aromatic rings. The number of rotatable bonds is 4. The third-order valence-corrected chi connectivity index (χ3v) is 3.89. The van der Waals surface area contributed by atoms with Crippen LogP contribution in [0.15, 0.2) is 0 Å². The van der Waals surface area contributed by atoms with E-state index in [0.29, 0.717) is 4.90 Å². The Bertz CT molecular complexity index is 652. The topological polar surface area (TPSA) is 160 Å². The molecular formula is C18H31N3O8. The molecule has 1 aliphatic heterocycles. The Labute approximate surface area is 169 Å². The van der Waals surface area contributed by atoms with E-state index in [1.54, 1.807) is 41.5 Å². The fourth-order valence-electron chi connectivity index (χ4n) is 2.75. The third-order valence-electron chi connectivity index (χ3n) is 3.89. The smallest absolute Gasteiger partial charge is 0.417 e. The number of ether oxygens (including phenoxy) is 2. The summed E-state index contributed by atoms with van der Waals surface area (Å²) in [4.78, 5) is 50.9. The van der Waals surface area contributed by atoms with Crippen LogP contribution < -0.4 is 5.73 Å². The van der Waals surface area contributed by atoms with E-state index >= 15 is 0 Å². The number of aliphatic hydroxyl groups is 1. The van der Waals surface area contributed by atoms with E-state index in [2.05, 4.69) is 0 Å². The minimum Gasteiger partial charge on any atom is -0.480 e. The average molecular weight is 417 g/mol. The molecule has 1 fully saturated rings. The van der Waals surface area contributed by atoms with Crippen molar-refractivity contribution in [1.29, 1.82) is 0 Å². The highest BCUT2D eigenvalue weighted by atomic mass is 16.6. The Hall–Kier alpha value is -2.40. The number of nitrogens with zero attached hydrogens (tertiary/aromatic N) is 2. The fourth-order valence-corrected chi connectivity index (χ4v) is 2.75. The van der Waals surface area contributed by atoms with E-state index in [1.807, 2.05) is 0 Å². The highest BCUT2D eigenvalue weighted by molar-refractivity contribution is 5.95. The molecule has 0 bridgehead atoms. The van der Waals surface area contributed by atoms with Crippen LogP contribution in [0.25, 0.3) is 0 Å². The molecule has 4 N–H and O–H groups in total. The van der Waals surface area contributed by atoms with E-state index in [9.17, 15) is 29.4 Å². The number of carbonyl (C=O) groups excluding carboxylic acids is 3. The van der Waals surface area contributed by atoms with Crippen LogP contribution in [0.4, 0.5) is 9.59 Å². The number of carboxylic acid groups (broad SMARTS) is 1. The zero-order valence-electron chi connectivity index (χ0n) is 17.7. The zero-order chi connectivity index (χ0) is 22.7. The van der Waals surface area contributed by atoms with Gasteiger partial charge in [0.15, 0.2) is 0 Å². The number of likely N-dealkylation sites (tertiary alicyclic amines) is 1. The van der Waals surface area contributed by atoms with Crippen LogP contribution in [-0.2, 0) is 19.1 Å². The van der Waals surface area contributed by atoms with Gasteiger partial charge in [0.2, 0.25) is 0 Å². The molecule has 11 nitrogen and oxygen atoms in total. The van der Waals surface area contributed by atoms with Gasteiger partial charge in [0.05, 0.1) is 6.04 Å². The van der Waals surface area contributed by atoms with Crippen LogP contribution >= 0.6 is 0 Å². The molecule has 0 aromatic heterocycles. The Morgan fingerprint density at radius 2 is 1.62 bits per heavy atom. The lowest BCUT2D eigenvalue weighted by atomic mass is 10.1. The summed E-state index contributed by atoms with van der Waals surface area (Å²) in [5.74, 6) is -2.34. The third kappa shape index (κ3) is 6.86. The number of hydrogen-bond donors (Lipinski definition) is 3. The van der Waals surface area contributed by atoms with Gasteiger partial charge in [-0.15, -0.1) is 0 Å². The number of carbonyl (C=O) groups is 4. The van der Waals surface area contributed by atoms with Gasteiger partial charge in [-0.2, -0.15) is 0 Å². The van der Waals surface area contributed by atoms with Crippen molar-refractivity contribution in [3.05, 3.63) is 0 Å². The van der Waals surface area contributed by atoms with Crippen molar-refractivity contribution in [2.24, 2.45) is 5.73 Å². The lowest BCUT2D eigenvalue weighted by Crippen LogP contribution is -2.53. The Morgan fingerprint density at radius 1 is 1.10 bits per heavy atom. The first kappa shape index (κ1) is 24.6. The van der Waals surface area contributed by atoms with E-state index in [0.717, 1.165) is 4.90 Å². The average Bonchev–Trinajstić information content (AvgIpc) is 2.96. The molecule has 29 heavy (non-hydrogen) atoms. The molecule has 0 aromatic carbocycles.